The molecule has 1 heterocycles. The van der Waals surface area contributed by atoms with Gasteiger partial charge in [-0.1, -0.05) is 12.1 Å². The minimum absolute atomic E-state index is 0.0311. The molecule has 0 radical (unpaired) electrons. The smallest absolute Gasteiger partial charge is 0.307 e. The first kappa shape index (κ1) is 9.02. The summed E-state index contributed by atoms with van der Waals surface area (Å²) in [5.41, 5.74) is 2.65. The highest BCUT2D eigenvalue weighted by Gasteiger charge is 2.18. The van der Waals surface area contributed by atoms with Crippen LogP contribution in [-0.2, 0) is 17.6 Å². The summed E-state index contributed by atoms with van der Waals surface area (Å²) in [5.74, 6) is -0.837. The first-order valence-corrected chi connectivity index (χ1v) is 4.43. The van der Waals surface area contributed by atoms with Crippen LogP contribution in [0.1, 0.15) is 11.1 Å². The number of aliphatic carboxylic acids is 1. The lowest BCUT2D eigenvalue weighted by molar-refractivity contribution is -0.136. The maximum atomic E-state index is 10.5. The van der Waals surface area contributed by atoms with Crippen LogP contribution in [0.5, 0.6) is 0 Å². The van der Waals surface area contributed by atoms with E-state index in [9.17, 15) is 9.90 Å². The maximum absolute atomic E-state index is 10.5. The van der Waals surface area contributed by atoms with Gasteiger partial charge in [0.15, 0.2) is 0 Å². The normalized spacial score (nSPS) is 18.8. The van der Waals surface area contributed by atoms with Gasteiger partial charge in [-0.05, 0) is 17.2 Å². The maximum Gasteiger partial charge on any atom is 0.307 e. The zero-order valence-corrected chi connectivity index (χ0v) is 7.53. The van der Waals surface area contributed by atoms with Gasteiger partial charge in [0.25, 0.3) is 0 Å². The van der Waals surface area contributed by atoms with Crippen molar-refractivity contribution in [2.24, 2.45) is 0 Å². The van der Waals surface area contributed by atoms with Gasteiger partial charge in [-0.2, -0.15) is 0 Å². The minimum Gasteiger partial charge on any atom is -0.481 e. The molecule has 1 aliphatic rings. The second-order valence-corrected chi connectivity index (χ2v) is 3.43. The Labute approximate surface area is 81.2 Å². The Balaban J connectivity index is 2.24. The molecule has 1 aliphatic heterocycles. The SMILES string of the molecule is O=C(O)Cc1ccc2c(c1)CC(O)N2. The molecule has 0 saturated heterocycles. The summed E-state index contributed by atoms with van der Waals surface area (Å²) in [5, 5.41) is 20.8. The third-order valence-electron chi connectivity index (χ3n) is 2.26. The Morgan fingerprint density at radius 1 is 1.57 bits per heavy atom. The van der Waals surface area contributed by atoms with Crippen LogP contribution in [0.2, 0.25) is 0 Å². The molecule has 74 valence electrons. The number of aliphatic hydroxyl groups is 1. The predicted octanol–water partition coefficient (Wildman–Crippen LogP) is 0.600. The summed E-state index contributed by atoms with van der Waals surface area (Å²) < 4.78 is 0. The Kier molecular flexibility index (Phi) is 2.13. The van der Waals surface area contributed by atoms with Gasteiger partial charge in [0, 0.05) is 12.1 Å². The Morgan fingerprint density at radius 3 is 3.07 bits per heavy atom. The number of rotatable bonds is 2. The highest BCUT2D eigenvalue weighted by Crippen LogP contribution is 2.25. The van der Waals surface area contributed by atoms with Gasteiger partial charge in [-0.15, -0.1) is 0 Å². The van der Waals surface area contributed by atoms with E-state index in [0.29, 0.717) is 6.42 Å². The van der Waals surface area contributed by atoms with Crippen molar-refractivity contribution in [3.8, 4) is 0 Å². The fraction of sp³-hybridized carbons (Fsp3) is 0.300. The summed E-state index contributed by atoms with van der Waals surface area (Å²) in [4.78, 5) is 10.5. The molecule has 1 unspecified atom stereocenters. The topological polar surface area (TPSA) is 69.6 Å². The van der Waals surface area contributed by atoms with Gasteiger partial charge in [-0.3, -0.25) is 4.79 Å². The van der Waals surface area contributed by atoms with Gasteiger partial charge in [0.1, 0.15) is 6.23 Å². The molecule has 3 N–H and O–H groups in total. The van der Waals surface area contributed by atoms with Gasteiger partial charge in [0.05, 0.1) is 6.42 Å². The molecule has 0 saturated carbocycles. The van der Waals surface area contributed by atoms with Crippen LogP contribution in [0.4, 0.5) is 5.69 Å². The number of anilines is 1. The lowest BCUT2D eigenvalue weighted by Gasteiger charge is -2.02. The van der Waals surface area contributed by atoms with Crippen molar-refractivity contribution in [2.45, 2.75) is 19.1 Å². The molecule has 4 nitrogen and oxygen atoms in total. The summed E-state index contributed by atoms with van der Waals surface area (Å²) in [6, 6.07) is 5.40. The van der Waals surface area contributed by atoms with Crippen LogP contribution in [0.25, 0.3) is 0 Å². The molecular formula is C10H11NO3. The molecule has 1 aromatic carbocycles. The highest BCUT2D eigenvalue weighted by atomic mass is 16.4. The van der Waals surface area contributed by atoms with Crippen molar-refractivity contribution in [2.75, 3.05) is 5.32 Å². The van der Waals surface area contributed by atoms with Crippen LogP contribution >= 0.6 is 0 Å². The second-order valence-electron chi connectivity index (χ2n) is 3.43. The summed E-state index contributed by atoms with van der Waals surface area (Å²) >= 11 is 0. The highest BCUT2D eigenvalue weighted by molar-refractivity contribution is 5.71. The largest absolute Gasteiger partial charge is 0.481 e. The van der Waals surface area contributed by atoms with E-state index >= 15 is 0 Å². The van der Waals surface area contributed by atoms with Crippen LogP contribution in [0.15, 0.2) is 18.2 Å². The molecule has 1 atom stereocenters. The molecule has 14 heavy (non-hydrogen) atoms. The molecule has 1 aromatic rings. The number of benzene rings is 1. The van der Waals surface area contributed by atoms with Crippen molar-refractivity contribution < 1.29 is 15.0 Å². The van der Waals surface area contributed by atoms with E-state index in [-0.39, 0.29) is 6.42 Å². The van der Waals surface area contributed by atoms with Gasteiger partial charge in [0.2, 0.25) is 0 Å². The zero-order chi connectivity index (χ0) is 10.1. The Hall–Kier alpha value is -1.55. The number of fused-ring (bicyclic) bond motifs is 1. The first-order chi connectivity index (χ1) is 6.65. The number of carboxylic acids is 1. The molecule has 0 bridgehead atoms. The number of hydrogen-bond donors (Lipinski definition) is 3. The minimum atomic E-state index is -0.837. The number of nitrogens with one attached hydrogen (secondary N) is 1. The lowest BCUT2D eigenvalue weighted by atomic mass is 10.1. The quantitative estimate of drug-likeness (QED) is 0.643. The van der Waals surface area contributed by atoms with Crippen molar-refractivity contribution >= 4 is 11.7 Å². The summed E-state index contributed by atoms with van der Waals surface area (Å²) in [6.45, 7) is 0. The van der Waals surface area contributed by atoms with Crippen LogP contribution < -0.4 is 5.32 Å². The molecule has 0 fully saturated rings. The summed E-state index contributed by atoms with van der Waals surface area (Å²) in [7, 11) is 0. The van der Waals surface area contributed by atoms with Crippen LogP contribution in [0, 0.1) is 0 Å². The molecular weight excluding hydrogens is 182 g/mol. The fourth-order valence-corrected chi connectivity index (χ4v) is 1.68. The molecule has 0 amide bonds. The third kappa shape index (κ3) is 1.70. The second kappa shape index (κ2) is 3.31. The van der Waals surface area contributed by atoms with E-state index in [0.717, 1.165) is 16.8 Å². The molecule has 0 spiro atoms. The number of carbonyl (C=O) groups is 1. The molecule has 2 rings (SSSR count). The summed E-state index contributed by atoms with van der Waals surface area (Å²) in [6.07, 6.45) is 0.0386. The molecule has 0 aliphatic carbocycles. The monoisotopic (exact) mass is 193 g/mol. The molecule has 4 heteroatoms. The van der Waals surface area contributed by atoms with E-state index in [1.807, 2.05) is 12.1 Å². The van der Waals surface area contributed by atoms with Crippen molar-refractivity contribution in [1.29, 1.82) is 0 Å². The van der Waals surface area contributed by atoms with Gasteiger partial charge >= 0.3 is 5.97 Å². The Morgan fingerprint density at radius 2 is 2.36 bits per heavy atom. The van der Waals surface area contributed by atoms with E-state index in [1.165, 1.54) is 0 Å². The number of carboxylic acid groups (broad SMARTS) is 1. The fourth-order valence-electron chi connectivity index (χ4n) is 1.68. The van der Waals surface area contributed by atoms with Gasteiger partial charge < -0.3 is 15.5 Å². The number of hydrogen-bond acceptors (Lipinski definition) is 3. The van der Waals surface area contributed by atoms with Crippen LogP contribution in [0.3, 0.4) is 0 Å². The van der Waals surface area contributed by atoms with E-state index < -0.39 is 12.2 Å². The third-order valence-corrected chi connectivity index (χ3v) is 2.26. The van der Waals surface area contributed by atoms with E-state index in [1.54, 1.807) is 6.07 Å². The van der Waals surface area contributed by atoms with E-state index in [2.05, 4.69) is 5.32 Å². The zero-order valence-electron chi connectivity index (χ0n) is 7.53. The van der Waals surface area contributed by atoms with Crippen LogP contribution in [-0.4, -0.2) is 22.4 Å². The van der Waals surface area contributed by atoms with Crippen molar-refractivity contribution in [3.63, 3.8) is 0 Å². The van der Waals surface area contributed by atoms with Gasteiger partial charge in [-0.25, -0.2) is 0 Å². The average Bonchev–Trinajstić information content (AvgIpc) is 2.42. The first-order valence-electron chi connectivity index (χ1n) is 4.43. The predicted molar refractivity (Wildman–Crippen MR) is 51.1 cm³/mol. The number of aliphatic hydroxyl groups excluding tert-OH is 1. The lowest BCUT2D eigenvalue weighted by Crippen LogP contribution is -2.12. The van der Waals surface area contributed by atoms with E-state index in [4.69, 9.17) is 5.11 Å². The molecule has 0 aromatic heterocycles. The average molecular weight is 193 g/mol. The van der Waals surface area contributed by atoms with Crippen molar-refractivity contribution in [1.82, 2.24) is 0 Å². The Bertz CT molecular complexity index is 376. The van der Waals surface area contributed by atoms with Crippen molar-refractivity contribution in [3.05, 3.63) is 29.3 Å². The standard InChI is InChI=1S/C10H11NO3/c12-9-5-7-3-6(4-10(13)14)1-2-8(7)11-9/h1-3,9,11-12H,4-5H2,(H,13,14).